The lowest BCUT2D eigenvalue weighted by Gasteiger charge is -2.38. The summed E-state index contributed by atoms with van der Waals surface area (Å²) in [4.78, 5) is 29.6. The summed E-state index contributed by atoms with van der Waals surface area (Å²) >= 11 is 3.19. The van der Waals surface area contributed by atoms with Crippen LogP contribution in [0.3, 0.4) is 0 Å². The Balaban J connectivity index is 1.55. The molecular weight excluding hydrogens is 579 g/mol. The van der Waals surface area contributed by atoms with Crippen molar-refractivity contribution < 1.29 is 23.1 Å². The highest BCUT2D eigenvalue weighted by atomic mass is 127. The molecule has 2 atom stereocenters. The summed E-state index contributed by atoms with van der Waals surface area (Å²) in [6.45, 7) is 5.06. The van der Waals surface area contributed by atoms with Gasteiger partial charge in [0.15, 0.2) is 5.01 Å². The molecule has 0 unspecified atom stereocenters. The van der Waals surface area contributed by atoms with Gasteiger partial charge >= 0.3 is 6.09 Å². The Labute approximate surface area is 212 Å². The van der Waals surface area contributed by atoms with Gasteiger partial charge < -0.3 is 15.4 Å². The molecule has 2 amide bonds. The highest BCUT2D eigenvalue weighted by Crippen LogP contribution is 2.35. The predicted octanol–water partition coefficient (Wildman–Crippen LogP) is 4.87. The number of hydrogen-bond acceptors (Lipinski definition) is 6. The van der Waals surface area contributed by atoms with Gasteiger partial charge in [0, 0.05) is 18.2 Å². The first-order valence-corrected chi connectivity index (χ1v) is 12.6. The highest BCUT2D eigenvalue weighted by molar-refractivity contribution is 14.1. The van der Waals surface area contributed by atoms with Gasteiger partial charge in [-0.25, -0.2) is 23.1 Å². The molecule has 3 aromatic heterocycles. The molecule has 3 aromatic rings. The van der Waals surface area contributed by atoms with E-state index in [4.69, 9.17) is 4.74 Å². The number of alkyl halides is 2. The second-order valence-electron chi connectivity index (χ2n) is 9.09. The minimum atomic E-state index is -3.19. The lowest BCUT2D eigenvalue weighted by Crippen LogP contribution is -2.62. The number of alkyl carbamates (subject to hydrolysis) is 1. The molecule has 1 saturated carbocycles. The van der Waals surface area contributed by atoms with Crippen LogP contribution < -0.4 is 10.6 Å². The Morgan fingerprint density at radius 2 is 2.06 bits per heavy atom. The van der Waals surface area contributed by atoms with Crippen LogP contribution in [0.2, 0.25) is 0 Å². The van der Waals surface area contributed by atoms with E-state index in [1.807, 2.05) is 18.2 Å². The number of carbonyl (C=O) groups is 2. The molecule has 0 aliphatic heterocycles. The average molecular weight is 603 g/mol. The summed E-state index contributed by atoms with van der Waals surface area (Å²) in [6, 6.07) is 3.05. The van der Waals surface area contributed by atoms with E-state index >= 15 is 0 Å². The zero-order valence-corrected chi connectivity index (χ0v) is 21.7. The Morgan fingerprint density at radius 1 is 1.29 bits per heavy atom. The fourth-order valence-corrected chi connectivity index (χ4v) is 5.63. The number of aromatic nitrogens is 3. The van der Waals surface area contributed by atoms with E-state index in [1.54, 1.807) is 37.7 Å². The number of ether oxygens (including phenoxy) is 1. The number of nitrogens with one attached hydrogen (secondary N) is 2. The van der Waals surface area contributed by atoms with Crippen LogP contribution in [0.15, 0.2) is 30.6 Å². The van der Waals surface area contributed by atoms with E-state index in [0.717, 1.165) is 25.3 Å². The van der Waals surface area contributed by atoms with Crippen molar-refractivity contribution >= 4 is 51.4 Å². The summed E-state index contributed by atoms with van der Waals surface area (Å²) < 4.78 is 37.3. The predicted molar refractivity (Wildman–Crippen MR) is 132 cm³/mol. The second kappa shape index (κ2) is 9.36. The largest absolute Gasteiger partial charge is 0.444 e. The Hall–Kier alpha value is -2.35. The van der Waals surface area contributed by atoms with Gasteiger partial charge in [0.2, 0.25) is 0 Å². The van der Waals surface area contributed by atoms with Crippen LogP contribution in [0.1, 0.15) is 49.8 Å². The van der Waals surface area contributed by atoms with Gasteiger partial charge in [-0.3, -0.25) is 4.79 Å². The van der Waals surface area contributed by atoms with E-state index < -0.39 is 35.6 Å². The number of hydrogen-bond donors (Lipinski definition) is 2. The van der Waals surface area contributed by atoms with Gasteiger partial charge in [-0.15, -0.1) is 11.3 Å². The Bertz CT molecular complexity index is 1220. The number of carbonyl (C=O) groups excluding carboxylic acids is 2. The number of fused-ring (bicyclic) bond motifs is 1. The minimum Gasteiger partial charge on any atom is -0.444 e. The molecule has 0 aromatic carbocycles. The van der Waals surface area contributed by atoms with Crippen molar-refractivity contribution in [2.24, 2.45) is 0 Å². The summed E-state index contributed by atoms with van der Waals surface area (Å²) in [7, 11) is 0. The molecule has 1 aliphatic rings. The molecule has 34 heavy (non-hydrogen) atoms. The van der Waals surface area contributed by atoms with Crippen LogP contribution in [0.4, 0.5) is 13.6 Å². The molecule has 1 fully saturated rings. The molecule has 0 bridgehead atoms. The highest BCUT2D eigenvalue weighted by Gasteiger charge is 2.49. The number of rotatable bonds is 4. The lowest BCUT2D eigenvalue weighted by molar-refractivity contribution is -0.0724. The van der Waals surface area contributed by atoms with Crippen LogP contribution in [0, 0.1) is 2.88 Å². The Kier molecular flexibility index (Phi) is 6.82. The second-order valence-corrected chi connectivity index (χ2v) is 11.9. The zero-order valence-electron chi connectivity index (χ0n) is 18.8. The van der Waals surface area contributed by atoms with Crippen molar-refractivity contribution in [3.8, 4) is 11.3 Å². The van der Waals surface area contributed by atoms with Crippen LogP contribution in [0.5, 0.6) is 0 Å². The maximum absolute atomic E-state index is 14.8. The third-order valence-electron chi connectivity index (χ3n) is 5.33. The van der Waals surface area contributed by atoms with E-state index in [1.165, 1.54) is 0 Å². The van der Waals surface area contributed by atoms with E-state index in [-0.39, 0.29) is 17.8 Å². The van der Waals surface area contributed by atoms with Crippen LogP contribution in [-0.2, 0) is 4.74 Å². The van der Waals surface area contributed by atoms with Crippen molar-refractivity contribution in [1.82, 2.24) is 25.2 Å². The summed E-state index contributed by atoms with van der Waals surface area (Å²) in [5, 5.41) is 9.30. The van der Waals surface area contributed by atoms with Crippen molar-refractivity contribution in [1.29, 1.82) is 0 Å². The summed E-state index contributed by atoms with van der Waals surface area (Å²) in [5.74, 6) is -3.91. The van der Waals surface area contributed by atoms with Crippen molar-refractivity contribution in [3.63, 3.8) is 0 Å². The smallest absolute Gasteiger partial charge is 0.407 e. The third kappa shape index (κ3) is 5.32. The van der Waals surface area contributed by atoms with Gasteiger partial charge in [-0.1, -0.05) is 6.07 Å². The summed E-state index contributed by atoms with van der Waals surface area (Å²) in [6.07, 6.45) is 2.79. The monoisotopic (exact) mass is 603 g/mol. The first kappa shape index (κ1) is 24.8. The van der Waals surface area contributed by atoms with Gasteiger partial charge in [0.25, 0.3) is 11.8 Å². The Morgan fingerprint density at radius 3 is 2.79 bits per heavy atom. The standard InChI is InChI=1S/C22H24F2IN5O3S/c1-21(2,3)33-20(32)27-13-7-6-9-22(23,24)16(13)29-18(31)19-28-15(17(25)34-19)12-11-26-30-10-5-4-8-14(12)30/h4-5,8,10-11,13,16H,6-7,9H2,1-3H3,(H,27,32)(H,29,31)/t13-,16-/m1/s1. The van der Waals surface area contributed by atoms with Gasteiger partial charge in [-0.2, -0.15) is 5.10 Å². The van der Waals surface area contributed by atoms with Gasteiger partial charge in [0.1, 0.15) is 11.6 Å². The van der Waals surface area contributed by atoms with E-state index in [9.17, 15) is 18.4 Å². The molecule has 0 radical (unpaired) electrons. The molecule has 3 heterocycles. The topological polar surface area (TPSA) is 97.6 Å². The average Bonchev–Trinajstić information content (AvgIpc) is 3.32. The number of halogens is 3. The zero-order chi connectivity index (χ0) is 24.7. The quantitative estimate of drug-likeness (QED) is 0.415. The van der Waals surface area contributed by atoms with E-state index in [0.29, 0.717) is 12.1 Å². The van der Waals surface area contributed by atoms with E-state index in [2.05, 4.69) is 43.3 Å². The van der Waals surface area contributed by atoms with Crippen molar-refractivity contribution in [3.05, 3.63) is 38.5 Å². The van der Waals surface area contributed by atoms with Crippen molar-refractivity contribution in [2.45, 2.75) is 63.6 Å². The molecule has 12 heteroatoms. The maximum Gasteiger partial charge on any atom is 0.407 e. The fourth-order valence-electron chi connectivity index (χ4n) is 3.88. The number of nitrogens with zero attached hydrogens (tertiary/aromatic N) is 3. The third-order valence-corrected chi connectivity index (χ3v) is 7.35. The molecular formula is C22H24F2IN5O3S. The van der Waals surface area contributed by atoms with Crippen LogP contribution >= 0.6 is 33.9 Å². The summed E-state index contributed by atoms with van der Waals surface area (Å²) in [5.41, 5.74) is 1.35. The molecule has 2 N–H and O–H groups in total. The molecule has 0 saturated heterocycles. The normalized spacial score (nSPS) is 20.2. The minimum absolute atomic E-state index is 0.0621. The molecule has 0 spiro atoms. The first-order chi connectivity index (χ1) is 15.9. The molecule has 182 valence electrons. The van der Waals surface area contributed by atoms with Gasteiger partial charge in [0.05, 0.1) is 26.3 Å². The lowest BCUT2D eigenvalue weighted by atomic mass is 9.87. The fraction of sp³-hybridized carbons (Fsp3) is 0.455. The van der Waals surface area contributed by atoms with Crippen LogP contribution in [-0.4, -0.2) is 50.2 Å². The molecule has 8 nitrogen and oxygen atoms in total. The SMILES string of the molecule is CC(C)(C)OC(=O)N[C@@H]1CCCC(F)(F)[C@@H]1NC(=O)c1nc(-c2cnn3ccccc23)c(I)s1. The van der Waals surface area contributed by atoms with Crippen LogP contribution in [0.25, 0.3) is 16.8 Å². The first-order valence-electron chi connectivity index (χ1n) is 10.7. The number of amides is 2. The maximum atomic E-state index is 14.8. The van der Waals surface area contributed by atoms with Gasteiger partial charge in [-0.05, 0) is 68.3 Å². The molecule has 4 rings (SSSR count). The number of pyridine rings is 1. The van der Waals surface area contributed by atoms with Crippen molar-refractivity contribution in [2.75, 3.05) is 0 Å². The number of thiazole rings is 1. The molecule has 1 aliphatic carbocycles.